The van der Waals surface area contributed by atoms with Gasteiger partial charge in [0.2, 0.25) is 0 Å². The summed E-state index contributed by atoms with van der Waals surface area (Å²) in [6.07, 6.45) is 5.15. The van der Waals surface area contributed by atoms with Crippen LogP contribution in [-0.2, 0) is 16.6 Å². The molecule has 2 rings (SSSR count). The highest BCUT2D eigenvalue weighted by Gasteiger charge is 2.26. The zero-order chi connectivity index (χ0) is 13.2. The van der Waals surface area contributed by atoms with Crippen LogP contribution in [0.5, 0.6) is 0 Å². The third-order valence-electron chi connectivity index (χ3n) is 3.45. The Morgan fingerprint density at radius 2 is 2.11 bits per heavy atom. The van der Waals surface area contributed by atoms with Gasteiger partial charge in [0.05, 0.1) is 12.8 Å². The Bertz CT molecular complexity index is 489. The number of rotatable bonds is 4. The molecule has 0 aliphatic heterocycles. The first kappa shape index (κ1) is 13.5. The highest BCUT2D eigenvalue weighted by atomic mass is 32.2. The summed E-state index contributed by atoms with van der Waals surface area (Å²) in [7, 11) is -3.60. The van der Waals surface area contributed by atoms with Crippen LogP contribution in [0.1, 0.15) is 38.2 Å². The molecule has 102 valence electrons. The number of nitrogens with zero attached hydrogens (tertiary/aromatic N) is 1. The average molecular weight is 273 g/mol. The second-order valence-electron chi connectivity index (χ2n) is 4.96. The van der Waals surface area contributed by atoms with Crippen LogP contribution in [0.25, 0.3) is 0 Å². The van der Waals surface area contributed by atoms with Gasteiger partial charge in [0.1, 0.15) is 0 Å². The lowest BCUT2D eigenvalue weighted by molar-refractivity contribution is 0.278. The van der Waals surface area contributed by atoms with Crippen LogP contribution in [0.3, 0.4) is 0 Å². The maximum Gasteiger partial charge on any atom is 0.258 e. The van der Waals surface area contributed by atoms with Crippen molar-refractivity contribution in [3.63, 3.8) is 0 Å². The van der Waals surface area contributed by atoms with Crippen LogP contribution in [0.15, 0.2) is 11.2 Å². The fraction of sp³-hybridized carbons (Fsp3) is 0.727. The minimum Gasteiger partial charge on any atom is -0.392 e. The minimum absolute atomic E-state index is 0.0129. The summed E-state index contributed by atoms with van der Waals surface area (Å²) < 4.78 is 26.9. The maximum absolute atomic E-state index is 12.1. The van der Waals surface area contributed by atoms with E-state index in [1.807, 2.05) is 0 Å². The Hall–Kier alpha value is -0.920. The largest absolute Gasteiger partial charge is 0.392 e. The van der Waals surface area contributed by atoms with Crippen molar-refractivity contribution in [3.8, 4) is 0 Å². The van der Waals surface area contributed by atoms with Gasteiger partial charge in [0, 0.05) is 11.6 Å². The molecule has 1 aromatic heterocycles. The van der Waals surface area contributed by atoms with E-state index in [9.17, 15) is 8.42 Å². The molecular weight excluding hydrogens is 254 g/mol. The van der Waals surface area contributed by atoms with E-state index in [0.29, 0.717) is 11.5 Å². The molecule has 1 aliphatic rings. The zero-order valence-corrected chi connectivity index (χ0v) is 11.2. The van der Waals surface area contributed by atoms with E-state index in [4.69, 9.17) is 5.11 Å². The Kier molecular flexibility index (Phi) is 4.04. The van der Waals surface area contributed by atoms with Crippen LogP contribution >= 0.6 is 0 Å². The van der Waals surface area contributed by atoms with Gasteiger partial charge in [0.15, 0.2) is 5.03 Å². The summed E-state index contributed by atoms with van der Waals surface area (Å²) in [5.41, 5.74) is 0.298. The van der Waals surface area contributed by atoms with Crippen molar-refractivity contribution in [3.05, 3.63) is 11.8 Å². The van der Waals surface area contributed by atoms with E-state index in [2.05, 4.69) is 21.8 Å². The van der Waals surface area contributed by atoms with Crippen molar-refractivity contribution in [2.24, 2.45) is 5.92 Å². The Labute approximate surface area is 107 Å². The molecule has 1 heterocycles. The molecule has 0 saturated heterocycles. The lowest BCUT2D eigenvalue weighted by Crippen LogP contribution is -2.37. The molecule has 1 aliphatic carbocycles. The van der Waals surface area contributed by atoms with E-state index < -0.39 is 10.0 Å². The number of hydrogen-bond donors (Lipinski definition) is 3. The molecule has 1 saturated carbocycles. The molecule has 0 aromatic carbocycles. The summed E-state index contributed by atoms with van der Waals surface area (Å²) in [5.74, 6) is 0.672. The van der Waals surface area contributed by atoms with Gasteiger partial charge in [-0.05, 0) is 31.6 Å². The molecule has 1 fully saturated rings. The van der Waals surface area contributed by atoms with E-state index in [1.165, 1.54) is 6.20 Å². The van der Waals surface area contributed by atoms with Crippen molar-refractivity contribution >= 4 is 10.0 Å². The van der Waals surface area contributed by atoms with Gasteiger partial charge in [-0.3, -0.25) is 5.10 Å². The topological polar surface area (TPSA) is 95.1 Å². The second-order valence-corrected chi connectivity index (χ2v) is 6.61. The number of aromatic amines is 1. The summed E-state index contributed by atoms with van der Waals surface area (Å²) in [5, 5.41) is 15.1. The molecule has 3 N–H and O–H groups in total. The Morgan fingerprint density at radius 3 is 2.72 bits per heavy atom. The first-order valence-electron chi connectivity index (χ1n) is 6.18. The zero-order valence-electron chi connectivity index (χ0n) is 10.4. The van der Waals surface area contributed by atoms with Crippen molar-refractivity contribution in [1.29, 1.82) is 0 Å². The van der Waals surface area contributed by atoms with Gasteiger partial charge >= 0.3 is 0 Å². The number of hydrogen-bond acceptors (Lipinski definition) is 4. The fourth-order valence-corrected chi connectivity index (χ4v) is 3.73. The number of H-pyrrole nitrogens is 1. The van der Waals surface area contributed by atoms with Gasteiger partial charge in [-0.25, -0.2) is 13.1 Å². The van der Waals surface area contributed by atoms with Crippen molar-refractivity contribution < 1.29 is 13.5 Å². The third-order valence-corrected chi connectivity index (χ3v) is 4.99. The summed E-state index contributed by atoms with van der Waals surface area (Å²) in [4.78, 5) is 0. The molecule has 0 atom stereocenters. The van der Waals surface area contributed by atoms with E-state index >= 15 is 0 Å². The SMILES string of the molecule is CC1CCC(NS(=O)(=O)c2[nH]ncc2CO)CC1. The van der Waals surface area contributed by atoms with Gasteiger partial charge in [-0.1, -0.05) is 6.92 Å². The van der Waals surface area contributed by atoms with Gasteiger partial charge < -0.3 is 5.11 Å². The van der Waals surface area contributed by atoms with E-state index in [0.717, 1.165) is 25.7 Å². The molecule has 0 bridgehead atoms. The normalized spacial score (nSPS) is 25.2. The van der Waals surface area contributed by atoms with Crippen LogP contribution in [0.4, 0.5) is 0 Å². The standard InChI is InChI=1S/C11H19N3O3S/c1-8-2-4-10(5-3-8)14-18(16,17)11-9(7-15)6-12-13-11/h6,8,10,14-15H,2-5,7H2,1H3,(H,12,13). The summed E-state index contributed by atoms with van der Waals surface area (Å²) >= 11 is 0. The average Bonchev–Trinajstić information content (AvgIpc) is 2.81. The number of aliphatic hydroxyl groups is 1. The molecule has 1 aromatic rings. The number of sulfonamides is 1. The molecule has 0 radical (unpaired) electrons. The van der Waals surface area contributed by atoms with Crippen LogP contribution in [0.2, 0.25) is 0 Å². The van der Waals surface area contributed by atoms with Gasteiger partial charge in [0.25, 0.3) is 10.0 Å². The molecule has 0 spiro atoms. The molecule has 6 nitrogen and oxygen atoms in total. The highest BCUT2D eigenvalue weighted by Crippen LogP contribution is 2.24. The lowest BCUT2D eigenvalue weighted by atomic mass is 9.88. The Balaban J connectivity index is 2.08. The Morgan fingerprint density at radius 1 is 1.44 bits per heavy atom. The number of nitrogens with one attached hydrogen (secondary N) is 2. The van der Waals surface area contributed by atoms with E-state index in [1.54, 1.807) is 0 Å². The molecule has 0 amide bonds. The van der Waals surface area contributed by atoms with Crippen molar-refractivity contribution in [2.75, 3.05) is 0 Å². The lowest BCUT2D eigenvalue weighted by Gasteiger charge is -2.26. The predicted molar refractivity (Wildman–Crippen MR) is 66.3 cm³/mol. The molecule has 0 unspecified atom stereocenters. The van der Waals surface area contributed by atoms with Crippen molar-refractivity contribution in [2.45, 2.75) is 50.3 Å². The maximum atomic E-state index is 12.1. The first-order chi connectivity index (χ1) is 8.53. The molecule has 7 heteroatoms. The van der Waals surface area contributed by atoms with Crippen LogP contribution < -0.4 is 4.72 Å². The summed E-state index contributed by atoms with van der Waals surface area (Å²) in [6.45, 7) is 1.85. The molecular formula is C11H19N3O3S. The van der Waals surface area contributed by atoms with Crippen LogP contribution in [-0.4, -0.2) is 29.8 Å². The fourth-order valence-electron chi connectivity index (χ4n) is 2.30. The monoisotopic (exact) mass is 273 g/mol. The summed E-state index contributed by atoms with van der Waals surface area (Å²) in [6, 6.07) is -0.0129. The number of aliphatic hydroxyl groups excluding tert-OH is 1. The number of aromatic nitrogens is 2. The quantitative estimate of drug-likeness (QED) is 0.754. The predicted octanol–water partition coefficient (Wildman–Crippen LogP) is 0.759. The van der Waals surface area contributed by atoms with Crippen molar-refractivity contribution in [1.82, 2.24) is 14.9 Å². The molecule has 18 heavy (non-hydrogen) atoms. The van der Waals surface area contributed by atoms with E-state index in [-0.39, 0.29) is 17.7 Å². The van der Waals surface area contributed by atoms with Crippen LogP contribution in [0, 0.1) is 5.92 Å². The third kappa shape index (κ3) is 2.90. The smallest absolute Gasteiger partial charge is 0.258 e. The van der Waals surface area contributed by atoms with Gasteiger partial charge in [-0.2, -0.15) is 5.10 Å². The highest BCUT2D eigenvalue weighted by molar-refractivity contribution is 7.89. The first-order valence-corrected chi connectivity index (χ1v) is 7.66. The second kappa shape index (κ2) is 5.38. The minimum atomic E-state index is -3.60. The van der Waals surface area contributed by atoms with Gasteiger partial charge in [-0.15, -0.1) is 0 Å².